The van der Waals surface area contributed by atoms with E-state index in [1.165, 1.54) is 16.7 Å². The molecule has 20 heavy (non-hydrogen) atoms. The van der Waals surface area contributed by atoms with Crippen molar-refractivity contribution in [2.75, 3.05) is 25.6 Å². The Kier molecular flexibility index (Phi) is 5.49. The molecule has 1 N–H and O–H groups in total. The molecule has 0 aromatic heterocycles. The predicted octanol–water partition coefficient (Wildman–Crippen LogP) is 1.92. The molecule has 0 bridgehead atoms. The topological polar surface area (TPSA) is 49.4 Å². The second-order valence-corrected chi connectivity index (χ2v) is 8.03. The highest BCUT2D eigenvalue weighted by atomic mass is 32.2. The van der Waals surface area contributed by atoms with E-state index in [4.69, 9.17) is 0 Å². The van der Waals surface area contributed by atoms with Gasteiger partial charge in [0, 0.05) is 30.6 Å². The van der Waals surface area contributed by atoms with Gasteiger partial charge in [-0.1, -0.05) is 12.1 Å². The molecule has 0 spiro atoms. The summed E-state index contributed by atoms with van der Waals surface area (Å²) in [7, 11) is -3.02. The van der Waals surface area contributed by atoms with E-state index in [1.807, 2.05) is 0 Å². The minimum atomic E-state index is -3.02. The van der Waals surface area contributed by atoms with Crippen molar-refractivity contribution in [3.8, 4) is 0 Å². The summed E-state index contributed by atoms with van der Waals surface area (Å²) < 4.78 is 24.4. The molecular formula is C14H22N2O2S2. The fourth-order valence-corrected chi connectivity index (χ4v) is 3.68. The zero-order valence-corrected chi connectivity index (χ0v) is 13.6. The zero-order chi connectivity index (χ0) is 14.6. The van der Waals surface area contributed by atoms with E-state index in [0.29, 0.717) is 19.1 Å². The summed E-state index contributed by atoms with van der Waals surface area (Å²) in [5.74, 6) is 0. The SMILES string of the molecule is CSc1ccc(CNC2CCN(S(C)(=O)=O)CC2)cc1. The van der Waals surface area contributed by atoms with Gasteiger partial charge in [-0.15, -0.1) is 11.8 Å². The van der Waals surface area contributed by atoms with E-state index < -0.39 is 10.0 Å². The molecule has 0 saturated carbocycles. The maximum atomic E-state index is 11.4. The van der Waals surface area contributed by atoms with Crippen LogP contribution in [0.4, 0.5) is 0 Å². The van der Waals surface area contributed by atoms with Gasteiger partial charge >= 0.3 is 0 Å². The lowest BCUT2D eigenvalue weighted by molar-refractivity contribution is 0.290. The third-order valence-corrected chi connectivity index (χ3v) is 5.72. The zero-order valence-electron chi connectivity index (χ0n) is 12.0. The van der Waals surface area contributed by atoms with Crippen LogP contribution in [0.5, 0.6) is 0 Å². The molecule has 1 heterocycles. The summed E-state index contributed by atoms with van der Waals surface area (Å²) in [5, 5.41) is 3.52. The first-order valence-corrected chi connectivity index (χ1v) is 9.88. The molecular weight excluding hydrogens is 292 g/mol. The van der Waals surface area contributed by atoms with Gasteiger partial charge in [-0.05, 0) is 36.8 Å². The highest BCUT2D eigenvalue weighted by Gasteiger charge is 2.24. The van der Waals surface area contributed by atoms with Crippen LogP contribution >= 0.6 is 11.8 Å². The number of nitrogens with zero attached hydrogens (tertiary/aromatic N) is 1. The van der Waals surface area contributed by atoms with Gasteiger partial charge in [-0.2, -0.15) is 0 Å². The van der Waals surface area contributed by atoms with Crippen LogP contribution in [0.1, 0.15) is 18.4 Å². The Morgan fingerprint density at radius 2 is 1.85 bits per heavy atom. The average Bonchev–Trinajstić information content (AvgIpc) is 2.45. The highest BCUT2D eigenvalue weighted by Crippen LogP contribution is 2.16. The minimum absolute atomic E-state index is 0.410. The smallest absolute Gasteiger partial charge is 0.211 e. The summed E-state index contributed by atoms with van der Waals surface area (Å²) in [6.45, 7) is 2.10. The van der Waals surface area contributed by atoms with Crippen LogP contribution in [0.3, 0.4) is 0 Å². The lowest BCUT2D eigenvalue weighted by Crippen LogP contribution is -2.44. The fourth-order valence-electron chi connectivity index (χ4n) is 2.40. The van der Waals surface area contributed by atoms with Crippen LogP contribution in [0, 0.1) is 0 Å². The quantitative estimate of drug-likeness (QED) is 0.844. The number of rotatable bonds is 5. The van der Waals surface area contributed by atoms with Crippen LogP contribution in [0.15, 0.2) is 29.2 Å². The Balaban J connectivity index is 1.78. The van der Waals surface area contributed by atoms with Gasteiger partial charge in [0.2, 0.25) is 10.0 Å². The summed E-state index contributed by atoms with van der Waals surface area (Å²) in [4.78, 5) is 1.27. The summed E-state index contributed by atoms with van der Waals surface area (Å²) in [6.07, 6.45) is 5.13. The van der Waals surface area contributed by atoms with Crippen LogP contribution in [0.2, 0.25) is 0 Å². The van der Waals surface area contributed by atoms with Crippen molar-refractivity contribution in [2.45, 2.75) is 30.3 Å². The summed E-state index contributed by atoms with van der Waals surface area (Å²) >= 11 is 1.74. The third-order valence-electron chi connectivity index (χ3n) is 3.68. The number of thioether (sulfide) groups is 1. The Labute approximate surface area is 126 Å². The molecule has 1 fully saturated rings. The van der Waals surface area contributed by atoms with Crippen molar-refractivity contribution < 1.29 is 8.42 Å². The highest BCUT2D eigenvalue weighted by molar-refractivity contribution is 7.98. The van der Waals surface area contributed by atoms with Crippen molar-refractivity contribution in [1.82, 2.24) is 9.62 Å². The standard InChI is InChI=1S/C14H22N2O2S2/c1-19-14-5-3-12(4-6-14)11-15-13-7-9-16(10-8-13)20(2,17)18/h3-6,13,15H,7-11H2,1-2H3. The van der Waals surface area contributed by atoms with E-state index in [9.17, 15) is 8.42 Å². The van der Waals surface area contributed by atoms with Crippen LogP contribution in [0.25, 0.3) is 0 Å². The molecule has 112 valence electrons. The van der Waals surface area contributed by atoms with Gasteiger partial charge in [-0.3, -0.25) is 0 Å². The Bertz CT molecular complexity index is 521. The van der Waals surface area contributed by atoms with Gasteiger partial charge in [0.1, 0.15) is 0 Å². The van der Waals surface area contributed by atoms with E-state index in [0.717, 1.165) is 19.4 Å². The second-order valence-electron chi connectivity index (χ2n) is 5.17. The van der Waals surface area contributed by atoms with Gasteiger partial charge < -0.3 is 5.32 Å². The molecule has 1 aromatic rings. The van der Waals surface area contributed by atoms with Crippen LogP contribution < -0.4 is 5.32 Å². The largest absolute Gasteiger partial charge is 0.310 e. The molecule has 0 radical (unpaired) electrons. The van der Waals surface area contributed by atoms with Crippen molar-refractivity contribution in [1.29, 1.82) is 0 Å². The summed E-state index contributed by atoms with van der Waals surface area (Å²) in [5.41, 5.74) is 1.27. The Morgan fingerprint density at radius 3 is 2.35 bits per heavy atom. The number of benzene rings is 1. The van der Waals surface area contributed by atoms with Gasteiger partial charge in [0.25, 0.3) is 0 Å². The molecule has 4 nitrogen and oxygen atoms in total. The van der Waals surface area contributed by atoms with Crippen molar-refractivity contribution in [3.63, 3.8) is 0 Å². The molecule has 1 aromatic carbocycles. The monoisotopic (exact) mass is 314 g/mol. The number of hydrogen-bond donors (Lipinski definition) is 1. The first-order valence-electron chi connectivity index (χ1n) is 6.80. The van der Waals surface area contributed by atoms with Gasteiger partial charge in [0.05, 0.1) is 6.26 Å². The van der Waals surface area contributed by atoms with Crippen LogP contribution in [-0.4, -0.2) is 44.4 Å². The van der Waals surface area contributed by atoms with E-state index in [1.54, 1.807) is 16.1 Å². The van der Waals surface area contributed by atoms with Crippen molar-refractivity contribution >= 4 is 21.8 Å². The number of hydrogen-bond acceptors (Lipinski definition) is 4. The third kappa shape index (κ3) is 4.48. The normalized spacial score (nSPS) is 18.3. The number of piperidine rings is 1. The van der Waals surface area contributed by atoms with Crippen molar-refractivity contribution in [2.24, 2.45) is 0 Å². The molecule has 1 aliphatic rings. The van der Waals surface area contributed by atoms with E-state index >= 15 is 0 Å². The molecule has 0 aliphatic carbocycles. The lowest BCUT2D eigenvalue weighted by Gasteiger charge is -2.30. The van der Waals surface area contributed by atoms with Gasteiger partial charge in [0.15, 0.2) is 0 Å². The number of sulfonamides is 1. The first kappa shape index (κ1) is 15.8. The summed E-state index contributed by atoms with van der Waals surface area (Å²) in [6, 6.07) is 8.96. The minimum Gasteiger partial charge on any atom is -0.310 e. The number of nitrogens with one attached hydrogen (secondary N) is 1. The van der Waals surface area contributed by atoms with E-state index in [2.05, 4.69) is 35.8 Å². The Morgan fingerprint density at radius 1 is 1.25 bits per heavy atom. The molecule has 0 amide bonds. The van der Waals surface area contributed by atoms with Crippen molar-refractivity contribution in [3.05, 3.63) is 29.8 Å². The molecule has 1 saturated heterocycles. The van der Waals surface area contributed by atoms with Gasteiger partial charge in [-0.25, -0.2) is 12.7 Å². The lowest BCUT2D eigenvalue weighted by atomic mass is 10.1. The maximum absolute atomic E-state index is 11.4. The molecule has 1 aliphatic heterocycles. The first-order chi connectivity index (χ1) is 9.49. The maximum Gasteiger partial charge on any atom is 0.211 e. The second kappa shape index (κ2) is 6.93. The average molecular weight is 314 g/mol. The van der Waals surface area contributed by atoms with E-state index in [-0.39, 0.29) is 0 Å². The molecule has 2 rings (SSSR count). The predicted molar refractivity (Wildman–Crippen MR) is 84.5 cm³/mol. The fraction of sp³-hybridized carbons (Fsp3) is 0.571. The molecule has 0 unspecified atom stereocenters. The Hall–Kier alpha value is -0.560. The van der Waals surface area contributed by atoms with Crippen LogP contribution in [-0.2, 0) is 16.6 Å². The molecule has 0 atom stereocenters. The molecule has 6 heteroatoms.